The largest absolute Gasteiger partial charge is 0.377 e. The van der Waals surface area contributed by atoms with Crippen molar-refractivity contribution in [2.24, 2.45) is 10.4 Å². The number of aryl methyl sites for hydroxylation is 1. The number of nitrogens with zero attached hydrogens (tertiary/aromatic N) is 3. The van der Waals surface area contributed by atoms with E-state index in [-0.39, 0.29) is 16.7 Å². The standard InChI is InChI=1S/C33H40N4O5S/c1-5-7-12-29-34-33(20-32(21-33)15-16-32)31(38)37(29)18-24-13-14-26(25(17-24)19-41-6-2)27-10-8-9-11-28(27)43(39,40)36-30-22(3)23(4)35-42-30/h8-11,13-14,17,36H,5-7,12,15-16,18-21H2,1-4H3. The van der Waals surface area contributed by atoms with Crippen LogP contribution in [0.15, 0.2) is 56.9 Å². The SMILES string of the molecule is CCCCC1=NC2(CC3(CC3)C2)C(=O)N1Cc1ccc(-c2ccccc2S(=O)(=O)Nc2onc(C)c2C)c(COCC)c1. The fourth-order valence-corrected chi connectivity index (χ4v) is 7.76. The van der Waals surface area contributed by atoms with Gasteiger partial charge < -0.3 is 9.26 Å². The average molecular weight is 605 g/mol. The summed E-state index contributed by atoms with van der Waals surface area (Å²) in [5.41, 5.74) is 4.17. The van der Waals surface area contributed by atoms with Crippen LogP contribution in [0, 0.1) is 19.3 Å². The van der Waals surface area contributed by atoms with Crippen LogP contribution in [0.25, 0.3) is 11.1 Å². The Bertz CT molecular complexity index is 1680. The summed E-state index contributed by atoms with van der Waals surface area (Å²) in [6, 6.07) is 12.8. The van der Waals surface area contributed by atoms with Gasteiger partial charge in [-0.1, -0.05) is 54.9 Å². The Hall–Kier alpha value is -3.50. The number of nitrogens with one attached hydrogen (secondary N) is 1. The maximum Gasteiger partial charge on any atom is 0.264 e. The van der Waals surface area contributed by atoms with Crippen molar-refractivity contribution in [3.05, 3.63) is 64.8 Å². The van der Waals surface area contributed by atoms with Gasteiger partial charge in [-0.25, -0.2) is 13.1 Å². The summed E-state index contributed by atoms with van der Waals surface area (Å²) in [5.74, 6) is 1.13. The van der Waals surface area contributed by atoms with Crippen LogP contribution in [-0.4, -0.2) is 42.4 Å². The number of anilines is 1. The summed E-state index contributed by atoms with van der Waals surface area (Å²) in [5, 5.41) is 3.87. The summed E-state index contributed by atoms with van der Waals surface area (Å²) in [6.45, 7) is 8.85. The molecule has 2 fully saturated rings. The van der Waals surface area contributed by atoms with Crippen molar-refractivity contribution in [2.75, 3.05) is 11.3 Å². The molecule has 0 atom stereocenters. The molecule has 0 radical (unpaired) electrons. The van der Waals surface area contributed by atoms with Crippen LogP contribution < -0.4 is 4.72 Å². The molecule has 3 aliphatic rings. The first-order valence-electron chi connectivity index (χ1n) is 15.3. The minimum absolute atomic E-state index is 0.102. The van der Waals surface area contributed by atoms with E-state index in [2.05, 4.69) is 16.8 Å². The molecule has 3 aromatic rings. The number of benzene rings is 2. The van der Waals surface area contributed by atoms with E-state index in [0.717, 1.165) is 54.6 Å². The second kappa shape index (κ2) is 11.2. The van der Waals surface area contributed by atoms with Crippen molar-refractivity contribution in [1.29, 1.82) is 0 Å². The predicted molar refractivity (Wildman–Crippen MR) is 165 cm³/mol. The van der Waals surface area contributed by atoms with Gasteiger partial charge in [0.1, 0.15) is 11.4 Å². The molecule has 0 unspecified atom stereocenters. The average Bonchev–Trinajstić information content (AvgIpc) is 3.65. The van der Waals surface area contributed by atoms with Gasteiger partial charge in [0.15, 0.2) is 0 Å². The lowest BCUT2D eigenvalue weighted by atomic mass is 9.65. The highest BCUT2D eigenvalue weighted by molar-refractivity contribution is 7.92. The van der Waals surface area contributed by atoms with E-state index in [4.69, 9.17) is 14.3 Å². The number of amides is 1. The van der Waals surface area contributed by atoms with Crippen molar-refractivity contribution < 1.29 is 22.5 Å². The Balaban J connectivity index is 1.31. The molecule has 6 rings (SSSR count). The first-order chi connectivity index (χ1) is 20.6. The monoisotopic (exact) mass is 604 g/mol. The Labute approximate surface area is 253 Å². The van der Waals surface area contributed by atoms with Crippen molar-refractivity contribution >= 4 is 27.7 Å². The quantitative estimate of drug-likeness (QED) is 0.251. The van der Waals surface area contributed by atoms with Gasteiger partial charge >= 0.3 is 0 Å². The molecule has 0 saturated heterocycles. The number of aliphatic imine (C=N–C) groups is 1. The molecule has 10 heteroatoms. The van der Waals surface area contributed by atoms with Gasteiger partial charge in [-0.05, 0) is 81.0 Å². The molecule has 2 spiro atoms. The topological polar surface area (TPSA) is 114 Å². The Morgan fingerprint density at radius 2 is 1.84 bits per heavy atom. The third-order valence-corrected chi connectivity index (χ3v) is 10.6. The number of aromatic nitrogens is 1. The van der Waals surface area contributed by atoms with Gasteiger partial charge in [0.2, 0.25) is 5.88 Å². The molecule has 43 heavy (non-hydrogen) atoms. The van der Waals surface area contributed by atoms with Gasteiger partial charge in [0, 0.05) is 24.2 Å². The van der Waals surface area contributed by atoms with Gasteiger partial charge in [-0.15, -0.1) is 0 Å². The molecule has 228 valence electrons. The third kappa shape index (κ3) is 5.51. The summed E-state index contributed by atoms with van der Waals surface area (Å²) in [6.07, 6.45) is 7.02. The van der Waals surface area contributed by atoms with Gasteiger partial charge in [0.25, 0.3) is 15.9 Å². The number of unbranched alkanes of at least 4 members (excludes halogenated alkanes) is 1. The molecule has 9 nitrogen and oxygen atoms in total. The van der Waals surface area contributed by atoms with E-state index < -0.39 is 15.6 Å². The first-order valence-corrected chi connectivity index (χ1v) is 16.7. The molecule has 0 bridgehead atoms. The molecule has 2 heterocycles. The van der Waals surface area contributed by atoms with E-state index in [0.29, 0.717) is 42.0 Å². The fourth-order valence-electron chi connectivity index (χ4n) is 6.50. The number of carbonyl (C=O) groups excluding carboxylic acids is 1. The lowest BCUT2D eigenvalue weighted by Crippen LogP contribution is -2.51. The number of sulfonamides is 1. The summed E-state index contributed by atoms with van der Waals surface area (Å²) in [4.78, 5) is 20.9. The minimum atomic E-state index is -4.00. The molecule has 1 aliphatic heterocycles. The van der Waals surface area contributed by atoms with Crippen LogP contribution in [0.4, 0.5) is 5.88 Å². The summed E-state index contributed by atoms with van der Waals surface area (Å²) >= 11 is 0. The van der Waals surface area contributed by atoms with Crippen LogP contribution in [0.3, 0.4) is 0 Å². The fraction of sp³-hybridized carbons (Fsp3) is 0.485. The molecular formula is C33H40N4O5S. The Morgan fingerprint density at radius 3 is 2.51 bits per heavy atom. The van der Waals surface area contributed by atoms with Gasteiger partial charge in [0.05, 0.1) is 23.7 Å². The van der Waals surface area contributed by atoms with Crippen molar-refractivity contribution in [2.45, 2.75) is 96.2 Å². The highest BCUT2D eigenvalue weighted by Gasteiger charge is 2.67. The molecule has 1 N–H and O–H groups in total. The van der Waals surface area contributed by atoms with Gasteiger partial charge in [-0.3, -0.25) is 14.7 Å². The molecule has 2 saturated carbocycles. The van der Waals surface area contributed by atoms with Crippen molar-refractivity contribution in [3.63, 3.8) is 0 Å². The van der Waals surface area contributed by atoms with Gasteiger partial charge in [-0.2, -0.15) is 0 Å². The molecule has 1 aromatic heterocycles. The molecule has 2 aromatic carbocycles. The number of rotatable bonds is 12. The number of ether oxygens (including phenoxy) is 1. The van der Waals surface area contributed by atoms with E-state index >= 15 is 0 Å². The second-order valence-electron chi connectivity index (χ2n) is 12.4. The van der Waals surface area contributed by atoms with E-state index in [1.54, 1.807) is 32.0 Å². The zero-order chi connectivity index (χ0) is 30.4. The number of carbonyl (C=O) groups is 1. The molecule has 2 aliphatic carbocycles. The maximum atomic E-state index is 13.8. The highest BCUT2D eigenvalue weighted by Crippen LogP contribution is 2.67. The van der Waals surface area contributed by atoms with Crippen LogP contribution >= 0.6 is 0 Å². The number of amidine groups is 1. The van der Waals surface area contributed by atoms with Crippen LogP contribution in [0.5, 0.6) is 0 Å². The predicted octanol–water partition coefficient (Wildman–Crippen LogP) is 6.54. The zero-order valence-electron chi connectivity index (χ0n) is 25.4. The van der Waals surface area contributed by atoms with E-state index in [9.17, 15) is 13.2 Å². The normalized spacial score (nSPS) is 18.3. The highest BCUT2D eigenvalue weighted by atomic mass is 32.2. The smallest absolute Gasteiger partial charge is 0.264 e. The van der Waals surface area contributed by atoms with Crippen LogP contribution in [0.2, 0.25) is 0 Å². The lowest BCUT2D eigenvalue weighted by Gasteiger charge is -2.42. The van der Waals surface area contributed by atoms with Crippen LogP contribution in [-0.2, 0) is 32.7 Å². The van der Waals surface area contributed by atoms with Crippen molar-refractivity contribution in [1.82, 2.24) is 10.1 Å². The second-order valence-corrected chi connectivity index (χ2v) is 14.0. The third-order valence-electron chi connectivity index (χ3n) is 9.17. The lowest BCUT2D eigenvalue weighted by molar-refractivity contribution is -0.137. The molecule has 1 amide bonds. The minimum Gasteiger partial charge on any atom is -0.377 e. The van der Waals surface area contributed by atoms with Crippen LogP contribution in [0.1, 0.15) is 81.2 Å². The van der Waals surface area contributed by atoms with E-state index in [1.807, 2.05) is 36.1 Å². The summed E-state index contributed by atoms with van der Waals surface area (Å²) < 4.78 is 40.8. The zero-order valence-corrected chi connectivity index (χ0v) is 26.2. The number of hydrogen-bond donors (Lipinski definition) is 1. The first kappa shape index (κ1) is 29.6. The molecular weight excluding hydrogens is 564 g/mol. The maximum absolute atomic E-state index is 13.8. The van der Waals surface area contributed by atoms with Crippen molar-refractivity contribution in [3.8, 4) is 11.1 Å². The summed E-state index contributed by atoms with van der Waals surface area (Å²) in [7, 11) is -4.00. The Morgan fingerprint density at radius 1 is 1.07 bits per heavy atom. The van der Waals surface area contributed by atoms with E-state index in [1.165, 1.54) is 12.8 Å². The Kier molecular flexibility index (Phi) is 7.71. The number of hydrogen-bond acceptors (Lipinski definition) is 7.